The third-order valence-corrected chi connectivity index (χ3v) is 4.13. The van der Waals surface area contributed by atoms with Crippen molar-refractivity contribution in [3.8, 4) is 0 Å². The number of amides is 1. The average Bonchev–Trinajstić information content (AvgIpc) is 2.76. The van der Waals surface area contributed by atoms with E-state index in [2.05, 4.69) is 11.1 Å². The highest BCUT2D eigenvalue weighted by Crippen LogP contribution is 2.27. The zero-order valence-electron chi connectivity index (χ0n) is 12.8. The third-order valence-electron chi connectivity index (χ3n) is 4.13. The van der Waals surface area contributed by atoms with Crippen LogP contribution in [0.5, 0.6) is 0 Å². The van der Waals surface area contributed by atoms with Crippen LogP contribution in [-0.4, -0.2) is 17.4 Å². The van der Waals surface area contributed by atoms with E-state index in [-0.39, 0.29) is 11.5 Å². The summed E-state index contributed by atoms with van der Waals surface area (Å²) in [5, 5.41) is 0. The molecule has 0 radical (unpaired) electrons. The van der Waals surface area contributed by atoms with Gasteiger partial charge in [0.05, 0.1) is 0 Å². The number of benzene rings is 1. The number of nitrogens with zero attached hydrogens (tertiary/aromatic N) is 1. The molecule has 0 saturated heterocycles. The molecule has 0 bridgehead atoms. The molecule has 1 N–H and O–H groups in total. The summed E-state index contributed by atoms with van der Waals surface area (Å²) in [6.07, 6.45) is 3.75. The van der Waals surface area contributed by atoms with Crippen molar-refractivity contribution in [2.45, 2.75) is 32.6 Å². The lowest BCUT2D eigenvalue weighted by Gasteiger charge is -2.23. The molecular weight excluding hydrogens is 276 g/mol. The summed E-state index contributed by atoms with van der Waals surface area (Å²) in [5.41, 5.74) is 3.22. The van der Waals surface area contributed by atoms with Crippen LogP contribution in [0.3, 0.4) is 0 Å². The van der Waals surface area contributed by atoms with E-state index in [4.69, 9.17) is 0 Å². The number of aryl methyl sites for hydroxylation is 2. The second-order valence-electron chi connectivity index (χ2n) is 5.65. The van der Waals surface area contributed by atoms with Gasteiger partial charge in [0.25, 0.3) is 5.91 Å². The van der Waals surface area contributed by atoms with Crippen LogP contribution >= 0.6 is 0 Å². The van der Waals surface area contributed by atoms with Gasteiger partial charge in [-0.1, -0.05) is 25.1 Å². The molecule has 3 rings (SSSR count). The molecule has 1 aromatic heterocycles. The maximum absolute atomic E-state index is 12.9. The highest BCUT2D eigenvalue weighted by molar-refractivity contribution is 6.06. The van der Waals surface area contributed by atoms with Crippen LogP contribution in [0.1, 0.15) is 41.4 Å². The Morgan fingerprint density at radius 1 is 1.23 bits per heavy atom. The molecule has 1 aliphatic heterocycles. The standard InChI is InChI=1S/C18H20N2O2/c1-2-15-11-14(12-17(21)19-15)18(22)20-10-6-5-8-13-7-3-4-9-16(13)20/h3-4,7,9,11-12H,2,5-6,8,10H2,1H3,(H,19,21). The SMILES string of the molecule is CCc1cc(C(=O)N2CCCCc3ccccc32)cc(=O)[nH]1. The molecular formula is C18H20N2O2. The number of H-pyrrole nitrogens is 1. The lowest BCUT2D eigenvalue weighted by Crippen LogP contribution is -2.32. The van der Waals surface area contributed by atoms with Gasteiger partial charge in [-0.15, -0.1) is 0 Å². The first-order valence-electron chi connectivity index (χ1n) is 7.82. The van der Waals surface area contributed by atoms with Gasteiger partial charge in [0.1, 0.15) is 0 Å². The number of para-hydroxylation sites is 1. The number of carbonyl (C=O) groups is 1. The van der Waals surface area contributed by atoms with Gasteiger partial charge in [-0.25, -0.2) is 0 Å². The van der Waals surface area contributed by atoms with Crippen LogP contribution < -0.4 is 10.5 Å². The van der Waals surface area contributed by atoms with Crippen LogP contribution in [-0.2, 0) is 12.8 Å². The van der Waals surface area contributed by atoms with Crippen molar-refractivity contribution in [2.24, 2.45) is 0 Å². The van der Waals surface area contributed by atoms with Gasteiger partial charge in [0.2, 0.25) is 5.56 Å². The maximum atomic E-state index is 12.9. The Morgan fingerprint density at radius 3 is 2.86 bits per heavy atom. The topological polar surface area (TPSA) is 53.2 Å². The number of fused-ring (bicyclic) bond motifs is 1. The molecule has 2 heterocycles. The molecule has 0 saturated carbocycles. The first kappa shape index (κ1) is 14.6. The van der Waals surface area contributed by atoms with E-state index in [1.165, 1.54) is 11.6 Å². The monoisotopic (exact) mass is 296 g/mol. The molecule has 0 atom stereocenters. The van der Waals surface area contributed by atoms with Gasteiger partial charge in [-0.3, -0.25) is 9.59 Å². The fraction of sp³-hybridized carbons (Fsp3) is 0.333. The number of pyridine rings is 1. The summed E-state index contributed by atoms with van der Waals surface area (Å²) in [6, 6.07) is 11.2. The number of nitrogens with one attached hydrogen (secondary N) is 1. The molecule has 0 spiro atoms. The number of anilines is 1. The Labute approximate surface area is 129 Å². The highest BCUT2D eigenvalue weighted by atomic mass is 16.2. The van der Waals surface area contributed by atoms with Gasteiger partial charge in [0.15, 0.2) is 0 Å². The van der Waals surface area contributed by atoms with Gasteiger partial charge >= 0.3 is 0 Å². The lowest BCUT2D eigenvalue weighted by atomic mass is 10.1. The summed E-state index contributed by atoms with van der Waals surface area (Å²) in [5.74, 6) is -0.0878. The van der Waals surface area contributed by atoms with E-state index in [0.717, 1.165) is 30.6 Å². The average molecular weight is 296 g/mol. The molecule has 0 fully saturated rings. The molecule has 1 amide bonds. The van der Waals surface area contributed by atoms with Crippen molar-refractivity contribution in [1.82, 2.24) is 4.98 Å². The summed E-state index contributed by atoms with van der Waals surface area (Å²) in [6.45, 7) is 2.66. The van der Waals surface area contributed by atoms with Crippen molar-refractivity contribution in [3.05, 3.63) is 63.6 Å². The normalized spacial score (nSPS) is 14.3. The number of hydrogen-bond acceptors (Lipinski definition) is 2. The summed E-state index contributed by atoms with van der Waals surface area (Å²) >= 11 is 0. The summed E-state index contributed by atoms with van der Waals surface area (Å²) < 4.78 is 0. The number of aromatic nitrogens is 1. The van der Waals surface area contributed by atoms with Crippen LogP contribution in [0.25, 0.3) is 0 Å². The van der Waals surface area contributed by atoms with E-state index in [1.807, 2.05) is 30.0 Å². The van der Waals surface area contributed by atoms with Gasteiger partial charge in [-0.2, -0.15) is 0 Å². The Bertz CT molecular complexity index is 749. The van der Waals surface area contributed by atoms with Gasteiger partial charge < -0.3 is 9.88 Å². The van der Waals surface area contributed by atoms with Crippen molar-refractivity contribution >= 4 is 11.6 Å². The van der Waals surface area contributed by atoms with Crippen LogP contribution in [0, 0.1) is 0 Å². The molecule has 4 nitrogen and oxygen atoms in total. The van der Waals surface area contributed by atoms with E-state index in [1.54, 1.807) is 6.07 Å². The molecule has 114 valence electrons. The molecule has 2 aromatic rings. The zero-order valence-corrected chi connectivity index (χ0v) is 12.8. The predicted octanol–water partition coefficient (Wildman–Crippen LogP) is 2.92. The van der Waals surface area contributed by atoms with Crippen molar-refractivity contribution < 1.29 is 4.79 Å². The Balaban J connectivity index is 2.02. The van der Waals surface area contributed by atoms with Crippen molar-refractivity contribution in [3.63, 3.8) is 0 Å². The second-order valence-corrected chi connectivity index (χ2v) is 5.65. The summed E-state index contributed by atoms with van der Waals surface area (Å²) in [7, 11) is 0. The molecule has 22 heavy (non-hydrogen) atoms. The van der Waals surface area contributed by atoms with E-state index >= 15 is 0 Å². The smallest absolute Gasteiger partial charge is 0.258 e. The number of carbonyl (C=O) groups excluding carboxylic acids is 1. The molecule has 1 aliphatic rings. The van der Waals surface area contributed by atoms with Gasteiger partial charge in [-0.05, 0) is 43.4 Å². The van der Waals surface area contributed by atoms with Crippen LogP contribution in [0.2, 0.25) is 0 Å². The van der Waals surface area contributed by atoms with Gasteiger partial charge in [0, 0.05) is 29.6 Å². The number of rotatable bonds is 2. The van der Waals surface area contributed by atoms with Crippen LogP contribution in [0.4, 0.5) is 5.69 Å². The lowest BCUT2D eigenvalue weighted by molar-refractivity contribution is 0.0986. The quantitative estimate of drug-likeness (QED) is 0.926. The largest absolute Gasteiger partial charge is 0.326 e. The number of aromatic amines is 1. The Hall–Kier alpha value is -2.36. The zero-order chi connectivity index (χ0) is 15.5. The maximum Gasteiger partial charge on any atom is 0.258 e. The number of hydrogen-bond donors (Lipinski definition) is 1. The fourth-order valence-corrected chi connectivity index (χ4v) is 2.97. The minimum absolute atomic E-state index is 0.0878. The molecule has 1 aromatic carbocycles. The van der Waals surface area contributed by atoms with E-state index in [0.29, 0.717) is 18.5 Å². The minimum Gasteiger partial charge on any atom is -0.326 e. The highest BCUT2D eigenvalue weighted by Gasteiger charge is 2.22. The van der Waals surface area contributed by atoms with Crippen molar-refractivity contribution in [1.29, 1.82) is 0 Å². The van der Waals surface area contributed by atoms with E-state index < -0.39 is 0 Å². The predicted molar refractivity (Wildman–Crippen MR) is 87.5 cm³/mol. The minimum atomic E-state index is -0.217. The third kappa shape index (κ3) is 2.82. The first-order chi connectivity index (χ1) is 10.7. The Kier molecular flexibility index (Phi) is 4.09. The Morgan fingerprint density at radius 2 is 2.05 bits per heavy atom. The molecule has 0 unspecified atom stereocenters. The molecule has 0 aliphatic carbocycles. The van der Waals surface area contributed by atoms with Crippen molar-refractivity contribution in [2.75, 3.05) is 11.4 Å². The molecule has 4 heteroatoms. The van der Waals surface area contributed by atoms with Crippen LogP contribution in [0.15, 0.2) is 41.2 Å². The summed E-state index contributed by atoms with van der Waals surface area (Å²) in [4.78, 5) is 29.2. The fourth-order valence-electron chi connectivity index (χ4n) is 2.97. The second kappa shape index (κ2) is 6.18. The first-order valence-corrected chi connectivity index (χ1v) is 7.82. The van der Waals surface area contributed by atoms with E-state index in [9.17, 15) is 9.59 Å².